The number of halogens is 1. The number of para-hydroxylation sites is 3. The van der Waals surface area contributed by atoms with Crippen LogP contribution in [-0.2, 0) is 0 Å². The molecule has 12 aromatic rings. The Labute approximate surface area is 415 Å². The summed E-state index contributed by atoms with van der Waals surface area (Å²) in [6.45, 7) is 0. The molecule has 1 aromatic heterocycles. The third-order valence-electron chi connectivity index (χ3n) is 13.8. The van der Waals surface area contributed by atoms with Gasteiger partial charge < -0.3 is 14.4 Å². The molecule has 71 heavy (non-hydrogen) atoms. The summed E-state index contributed by atoms with van der Waals surface area (Å²) in [5.41, 5.74) is 11.6. The molecule has 0 radical (unpaired) electrons. The molecule has 0 aliphatic heterocycles. The van der Waals surface area contributed by atoms with E-state index in [0.29, 0.717) is 0 Å². The van der Waals surface area contributed by atoms with E-state index >= 15 is 0 Å². The molecular weight excluding hydrogens is 882 g/mol. The average molecular weight is 930 g/mol. The van der Waals surface area contributed by atoms with Crippen molar-refractivity contribution < 1.29 is 4.39 Å². The Kier molecular flexibility index (Phi) is 11.5. The zero-order valence-electron chi connectivity index (χ0n) is 38.9. The topological polar surface area (TPSA) is 11.4 Å². The van der Waals surface area contributed by atoms with Crippen LogP contribution in [-0.4, -0.2) is 12.6 Å². The van der Waals surface area contributed by atoms with Crippen molar-refractivity contribution in [3.8, 4) is 16.8 Å². The van der Waals surface area contributed by atoms with Crippen LogP contribution in [0, 0.1) is 5.82 Å². The maximum Gasteiger partial charge on any atom is 0.179 e. The molecule has 0 amide bonds. The van der Waals surface area contributed by atoms with Crippen molar-refractivity contribution >= 4 is 84.8 Å². The van der Waals surface area contributed by atoms with Gasteiger partial charge in [-0.1, -0.05) is 182 Å². The molecular formula is C66H48FN3Si. The molecule has 0 aliphatic carbocycles. The number of hydrogen-bond donors (Lipinski definition) is 0. The minimum Gasteiger partial charge on any atom is -0.311 e. The lowest BCUT2D eigenvalue weighted by Gasteiger charge is -2.34. The predicted octanol–water partition coefficient (Wildman–Crippen LogP) is 14.9. The van der Waals surface area contributed by atoms with E-state index in [-0.39, 0.29) is 5.82 Å². The second-order valence-corrected chi connectivity index (χ2v) is 21.7. The molecule has 338 valence electrons. The smallest absolute Gasteiger partial charge is 0.179 e. The first-order valence-electron chi connectivity index (χ1n) is 24.1. The van der Waals surface area contributed by atoms with Gasteiger partial charge in [0.2, 0.25) is 0 Å². The zero-order chi connectivity index (χ0) is 47.6. The highest BCUT2D eigenvalue weighted by atomic mass is 28.3. The first kappa shape index (κ1) is 43.3. The minimum atomic E-state index is -2.66. The van der Waals surface area contributed by atoms with E-state index in [4.69, 9.17) is 0 Å². The van der Waals surface area contributed by atoms with E-state index in [2.05, 4.69) is 281 Å². The van der Waals surface area contributed by atoms with E-state index in [1.807, 2.05) is 12.1 Å². The summed E-state index contributed by atoms with van der Waals surface area (Å²) >= 11 is 0. The van der Waals surface area contributed by atoms with Gasteiger partial charge in [0.25, 0.3) is 0 Å². The molecule has 0 saturated carbocycles. The highest BCUT2D eigenvalue weighted by Crippen LogP contribution is 2.42. The van der Waals surface area contributed by atoms with Gasteiger partial charge in [-0.25, -0.2) is 4.39 Å². The van der Waals surface area contributed by atoms with Gasteiger partial charge in [0.1, 0.15) is 5.82 Å². The summed E-state index contributed by atoms with van der Waals surface area (Å²) in [5.74, 6) is -0.255. The minimum absolute atomic E-state index is 0.255. The molecule has 1 heterocycles. The number of fused-ring (bicyclic) bond motifs is 3. The van der Waals surface area contributed by atoms with Crippen LogP contribution < -0.4 is 30.5 Å². The predicted molar refractivity (Wildman–Crippen MR) is 299 cm³/mol. The summed E-state index contributed by atoms with van der Waals surface area (Å²) in [6, 6.07) is 103. The number of aromatic nitrogens is 1. The molecule has 0 spiro atoms. The Morgan fingerprint density at radius 3 is 1.13 bits per heavy atom. The van der Waals surface area contributed by atoms with Crippen LogP contribution >= 0.6 is 0 Å². The van der Waals surface area contributed by atoms with Gasteiger partial charge in [-0.05, 0) is 141 Å². The number of benzene rings is 11. The fraction of sp³-hybridized carbons (Fsp3) is 0. The Hall–Kier alpha value is -9.03. The quantitative estimate of drug-likeness (QED) is 0.0893. The van der Waals surface area contributed by atoms with Gasteiger partial charge in [-0.3, -0.25) is 0 Å². The normalized spacial score (nSPS) is 11.5. The second kappa shape index (κ2) is 18.8. The van der Waals surface area contributed by atoms with Crippen molar-refractivity contribution in [2.75, 3.05) is 9.80 Å². The highest BCUT2D eigenvalue weighted by Gasteiger charge is 2.41. The monoisotopic (exact) mass is 929 g/mol. The maximum atomic E-state index is 14.2. The molecule has 0 aliphatic rings. The van der Waals surface area contributed by atoms with Crippen LogP contribution in [0.1, 0.15) is 0 Å². The summed E-state index contributed by atoms with van der Waals surface area (Å²) in [6.07, 6.45) is 0. The molecule has 0 unspecified atom stereocenters. The van der Waals surface area contributed by atoms with Gasteiger partial charge in [0.15, 0.2) is 8.07 Å². The van der Waals surface area contributed by atoms with Crippen molar-refractivity contribution in [3.63, 3.8) is 0 Å². The standard InChI is InChI=1S/C66H48FN3Si/c67-51-34-38-57(39-35-51)70-65-29-17-16-28-63(65)64-48-58(44-47-66(64)70)69(56-42-40-55(41-43-56)68(52-18-6-1-7-19-52)53-20-8-2-9-21-53)54-36-30-49(31-37-54)50-32-45-62(46-33-50)71(59-22-10-3-11-23-59,60-24-12-4-13-25-60)61-26-14-5-15-27-61/h1-48H. The van der Waals surface area contributed by atoms with Gasteiger partial charge in [-0.15, -0.1) is 0 Å². The molecule has 0 atom stereocenters. The van der Waals surface area contributed by atoms with Crippen LogP contribution in [0.15, 0.2) is 291 Å². The van der Waals surface area contributed by atoms with E-state index in [0.717, 1.165) is 72.7 Å². The lowest BCUT2D eigenvalue weighted by molar-refractivity contribution is 0.627. The second-order valence-electron chi connectivity index (χ2n) is 17.9. The van der Waals surface area contributed by atoms with Gasteiger partial charge in [0, 0.05) is 50.6 Å². The molecule has 0 saturated heterocycles. The number of nitrogens with zero attached hydrogens (tertiary/aromatic N) is 3. The van der Waals surface area contributed by atoms with Crippen molar-refractivity contribution in [3.05, 3.63) is 297 Å². The van der Waals surface area contributed by atoms with Crippen LogP contribution in [0.5, 0.6) is 0 Å². The summed E-state index contributed by atoms with van der Waals surface area (Å²) in [5, 5.41) is 7.64. The molecule has 5 heteroatoms. The van der Waals surface area contributed by atoms with E-state index in [1.54, 1.807) is 0 Å². The van der Waals surface area contributed by atoms with Crippen molar-refractivity contribution in [1.29, 1.82) is 0 Å². The average Bonchev–Trinajstić information content (AvgIpc) is 3.77. The molecule has 0 N–H and O–H groups in total. The Balaban J connectivity index is 0.962. The lowest BCUT2D eigenvalue weighted by atomic mass is 10.0. The fourth-order valence-corrected chi connectivity index (χ4v) is 15.3. The summed E-state index contributed by atoms with van der Waals surface area (Å²) < 4.78 is 16.4. The van der Waals surface area contributed by atoms with Gasteiger partial charge >= 0.3 is 0 Å². The molecule has 11 aromatic carbocycles. The van der Waals surface area contributed by atoms with Gasteiger partial charge in [0.05, 0.1) is 11.0 Å². The van der Waals surface area contributed by atoms with Crippen LogP contribution in [0.3, 0.4) is 0 Å². The Morgan fingerprint density at radius 1 is 0.282 bits per heavy atom. The van der Waals surface area contributed by atoms with Gasteiger partial charge in [-0.2, -0.15) is 0 Å². The molecule has 12 rings (SSSR count). The van der Waals surface area contributed by atoms with E-state index in [9.17, 15) is 4.39 Å². The van der Waals surface area contributed by atoms with E-state index in [1.165, 1.54) is 32.9 Å². The third kappa shape index (κ3) is 7.98. The first-order chi connectivity index (χ1) is 35.1. The summed E-state index contributed by atoms with van der Waals surface area (Å²) in [7, 11) is -2.66. The Bertz CT molecular complexity index is 3580. The SMILES string of the molecule is Fc1ccc(-n2c3ccccc3c3cc(N(c4ccc(-c5ccc([Si](c6ccccc6)(c6ccccc6)c6ccccc6)cc5)cc4)c4ccc(N(c5ccccc5)c5ccccc5)cc4)ccc32)cc1. The molecule has 3 nitrogen and oxygen atoms in total. The lowest BCUT2D eigenvalue weighted by Crippen LogP contribution is -2.74. The van der Waals surface area contributed by atoms with Crippen molar-refractivity contribution in [1.82, 2.24) is 4.57 Å². The number of anilines is 6. The number of rotatable bonds is 12. The van der Waals surface area contributed by atoms with Crippen molar-refractivity contribution in [2.24, 2.45) is 0 Å². The summed E-state index contributed by atoms with van der Waals surface area (Å²) in [4.78, 5) is 4.63. The molecule has 0 bridgehead atoms. The third-order valence-corrected chi connectivity index (χ3v) is 18.6. The maximum absolute atomic E-state index is 14.2. The highest BCUT2D eigenvalue weighted by molar-refractivity contribution is 7.19. The first-order valence-corrected chi connectivity index (χ1v) is 26.1. The van der Waals surface area contributed by atoms with Crippen LogP contribution in [0.2, 0.25) is 0 Å². The van der Waals surface area contributed by atoms with E-state index < -0.39 is 8.07 Å². The van der Waals surface area contributed by atoms with Crippen molar-refractivity contribution in [2.45, 2.75) is 0 Å². The zero-order valence-corrected chi connectivity index (χ0v) is 39.9. The largest absolute Gasteiger partial charge is 0.311 e. The van der Waals surface area contributed by atoms with Crippen LogP contribution in [0.25, 0.3) is 38.6 Å². The molecule has 0 fully saturated rings. The number of hydrogen-bond acceptors (Lipinski definition) is 2. The fourth-order valence-electron chi connectivity index (χ4n) is 10.5. The Morgan fingerprint density at radius 2 is 0.634 bits per heavy atom. The van der Waals surface area contributed by atoms with Crippen LogP contribution in [0.4, 0.5) is 38.5 Å².